The fraction of sp³-hybridized carbons (Fsp3) is 0.556. The Labute approximate surface area is 148 Å². The van der Waals surface area contributed by atoms with Gasteiger partial charge in [-0.25, -0.2) is 13.6 Å². The maximum Gasteiger partial charge on any atom is 0.333 e. The summed E-state index contributed by atoms with van der Waals surface area (Å²) in [6.45, 7) is 3.77. The van der Waals surface area contributed by atoms with Gasteiger partial charge in [0.05, 0.1) is 16.9 Å². The van der Waals surface area contributed by atoms with E-state index in [0.717, 1.165) is 12.8 Å². The predicted octanol–water partition coefficient (Wildman–Crippen LogP) is 1.35. The predicted molar refractivity (Wildman–Crippen MR) is 95.3 cm³/mol. The molecule has 2 aliphatic rings. The number of anilines is 1. The number of nitrogens with two attached hydrogens (primary N) is 1. The Morgan fingerprint density at radius 2 is 1.92 bits per heavy atom. The van der Waals surface area contributed by atoms with Crippen molar-refractivity contribution >= 4 is 11.2 Å². The molecular formula is C18H22F2N4O2. The fourth-order valence-corrected chi connectivity index (χ4v) is 4.15. The van der Waals surface area contributed by atoms with Crippen LogP contribution in [0.3, 0.4) is 0 Å². The second kappa shape index (κ2) is 5.90. The molecule has 1 saturated carbocycles. The topological polar surface area (TPSA) is 83.6 Å². The molecule has 1 saturated heterocycles. The zero-order chi connectivity index (χ0) is 18.7. The standard InChI is InChI=1S/C18H22F2N4O2/c1-8-15-13(10-3-4-10)17(25)22-18(26)24(15)9(2)14(20)16(8)23-6-11(5-21)12(19)7-23/h10-12H,3-7,21H2,1-2H3,(H,22,25,26). The van der Waals surface area contributed by atoms with Crippen LogP contribution in [0.5, 0.6) is 0 Å². The summed E-state index contributed by atoms with van der Waals surface area (Å²) in [6, 6.07) is 0. The van der Waals surface area contributed by atoms with Crippen LogP contribution < -0.4 is 21.9 Å². The second-order valence-electron chi connectivity index (χ2n) is 7.42. The quantitative estimate of drug-likeness (QED) is 0.861. The average molecular weight is 364 g/mol. The number of halogens is 2. The van der Waals surface area contributed by atoms with Crippen molar-refractivity contribution in [1.82, 2.24) is 9.38 Å². The van der Waals surface area contributed by atoms with Crippen molar-refractivity contribution < 1.29 is 8.78 Å². The van der Waals surface area contributed by atoms with Crippen molar-refractivity contribution in [2.24, 2.45) is 11.7 Å². The van der Waals surface area contributed by atoms with Crippen molar-refractivity contribution in [2.45, 2.75) is 38.8 Å². The summed E-state index contributed by atoms with van der Waals surface area (Å²) >= 11 is 0. The smallest absolute Gasteiger partial charge is 0.333 e. The van der Waals surface area contributed by atoms with Gasteiger partial charge in [0.15, 0.2) is 5.82 Å². The maximum absolute atomic E-state index is 15.2. The molecule has 2 atom stereocenters. The largest absolute Gasteiger partial charge is 0.365 e. The highest BCUT2D eigenvalue weighted by atomic mass is 19.1. The lowest BCUT2D eigenvalue weighted by Crippen LogP contribution is -2.33. The lowest BCUT2D eigenvalue weighted by atomic mass is 10.0. The SMILES string of the molecule is Cc1c(N2CC(F)C(CN)C2)c(F)c(C)n2c(=O)[nH]c(=O)c(C3CC3)c12. The van der Waals surface area contributed by atoms with Gasteiger partial charge in [0, 0.05) is 30.1 Å². The molecule has 140 valence electrons. The molecule has 0 spiro atoms. The maximum atomic E-state index is 15.2. The first kappa shape index (κ1) is 17.2. The molecule has 2 fully saturated rings. The summed E-state index contributed by atoms with van der Waals surface area (Å²) in [7, 11) is 0. The van der Waals surface area contributed by atoms with Crippen molar-refractivity contribution in [3.63, 3.8) is 0 Å². The van der Waals surface area contributed by atoms with Crippen LogP contribution in [-0.4, -0.2) is 35.2 Å². The van der Waals surface area contributed by atoms with Gasteiger partial charge in [0.25, 0.3) is 5.56 Å². The van der Waals surface area contributed by atoms with E-state index < -0.39 is 23.2 Å². The highest BCUT2D eigenvalue weighted by Crippen LogP contribution is 2.42. The van der Waals surface area contributed by atoms with E-state index in [4.69, 9.17) is 5.73 Å². The average Bonchev–Trinajstić information content (AvgIpc) is 3.35. The first-order valence-corrected chi connectivity index (χ1v) is 8.91. The van der Waals surface area contributed by atoms with Crippen LogP contribution in [0, 0.1) is 25.6 Å². The van der Waals surface area contributed by atoms with Crippen LogP contribution in [0.2, 0.25) is 0 Å². The molecule has 2 unspecified atom stereocenters. The zero-order valence-electron chi connectivity index (χ0n) is 14.8. The number of nitrogens with zero attached hydrogens (tertiary/aromatic N) is 2. The lowest BCUT2D eigenvalue weighted by molar-refractivity contribution is 0.289. The van der Waals surface area contributed by atoms with E-state index in [1.54, 1.807) is 11.8 Å². The first-order chi connectivity index (χ1) is 12.3. The monoisotopic (exact) mass is 364 g/mol. The van der Waals surface area contributed by atoms with Crippen molar-refractivity contribution in [3.05, 3.63) is 43.5 Å². The fourth-order valence-electron chi connectivity index (χ4n) is 4.15. The molecule has 0 bridgehead atoms. The normalized spacial score (nSPS) is 23.2. The summed E-state index contributed by atoms with van der Waals surface area (Å²) in [5.41, 5.74) is 6.44. The molecule has 3 N–H and O–H groups in total. The molecular weight excluding hydrogens is 342 g/mol. The van der Waals surface area contributed by atoms with E-state index in [1.165, 1.54) is 11.3 Å². The number of fused-ring (bicyclic) bond motifs is 1. The molecule has 1 aliphatic heterocycles. The first-order valence-electron chi connectivity index (χ1n) is 8.91. The molecule has 2 aromatic rings. The molecule has 4 rings (SSSR count). The molecule has 0 amide bonds. The lowest BCUT2D eigenvalue weighted by Gasteiger charge is -2.25. The number of H-pyrrole nitrogens is 1. The van der Waals surface area contributed by atoms with Crippen LogP contribution in [-0.2, 0) is 0 Å². The number of alkyl halides is 1. The van der Waals surface area contributed by atoms with E-state index in [1.807, 2.05) is 0 Å². The van der Waals surface area contributed by atoms with Crippen molar-refractivity contribution in [1.29, 1.82) is 0 Å². The molecule has 2 aromatic heterocycles. The van der Waals surface area contributed by atoms with Gasteiger partial charge in [-0.15, -0.1) is 0 Å². The minimum atomic E-state index is -1.13. The summed E-state index contributed by atoms with van der Waals surface area (Å²) in [5.74, 6) is -0.833. The Hall–Kier alpha value is -2.22. The Morgan fingerprint density at radius 3 is 2.50 bits per heavy atom. The third-order valence-corrected chi connectivity index (χ3v) is 5.68. The molecule has 6 nitrogen and oxygen atoms in total. The Balaban J connectivity index is 2.03. The van der Waals surface area contributed by atoms with Gasteiger partial charge in [-0.3, -0.25) is 14.2 Å². The van der Waals surface area contributed by atoms with E-state index in [0.29, 0.717) is 23.2 Å². The van der Waals surface area contributed by atoms with Crippen LogP contribution in [0.25, 0.3) is 5.52 Å². The highest BCUT2D eigenvalue weighted by Gasteiger charge is 2.36. The number of rotatable bonds is 3. The van der Waals surface area contributed by atoms with Gasteiger partial charge in [0.1, 0.15) is 6.17 Å². The molecule has 8 heteroatoms. The van der Waals surface area contributed by atoms with Gasteiger partial charge in [-0.05, 0) is 39.2 Å². The van der Waals surface area contributed by atoms with E-state index in [9.17, 15) is 14.0 Å². The minimum Gasteiger partial charge on any atom is -0.365 e. The summed E-state index contributed by atoms with van der Waals surface area (Å²) in [4.78, 5) is 28.7. The Morgan fingerprint density at radius 1 is 1.23 bits per heavy atom. The third-order valence-electron chi connectivity index (χ3n) is 5.68. The summed E-state index contributed by atoms with van der Waals surface area (Å²) < 4.78 is 30.6. The number of aromatic amines is 1. The van der Waals surface area contributed by atoms with Crippen LogP contribution in [0.1, 0.15) is 35.6 Å². The number of aromatic nitrogens is 2. The molecule has 0 radical (unpaired) electrons. The molecule has 0 aromatic carbocycles. The van der Waals surface area contributed by atoms with E-state index in [2.05, 4.69) is 4.98 Å². The highest BCUT2D eigenvalue weighted by molar-refractivity contribution is 5.73. The summed E-state index contributed by atoms with van der Waals surface area (Å²) in [5, 5.41) is 0. The Bertz CT molecular complexity index is 1010. The number of pyridine rings is 1. The van der Waals surface area contributed by atoms with Gasteiger partial charge >= 0.3 is 5.69 Å². The molecule has 3 heterocycles. The van der Waals surface area contributed by atoms with Crippen LogP contribution >= 0.6 is 0 Å². The minimum absolute atomic E-state index is 0.0570. The molecule has 26 heavy (non-hydrogen) atoms. The number of nitrogens with one attached hydrogen (secondary N) is 1. The second-order valence-corrected chi connectivity index (χ2v) is 7.42. The summed E-state index contributed by atoms with van der Waals surface area (Å²) in [6.07, 6.45) is 0.612. The van der Waals surface area contributed by atoms with Crippen LogP contribution in [0.4, 0.5) is 14.5 Å². The van der Waals surface area contributed by atoms with Gasteiger partial charge < -0.3 is 10.6 Å². The van der Waals surface area contributed by atoms with Gasteiger partial charge in [-0.1, -0.05) is 0 Å². The molecule has 1 aliphatic carbocycles. The van der Waals surface area contributed by atoms with Crippen molar-refractivity contribution in [3.8, 4) is 0 Å². The Kier molecular flexibility index (Phi) is 3.91. The third kappa shape index (κ3) is 2.39. The van der Waals surface area contributed by atoms with Crippen LogP contribution in [0.15, 0.2) is 9.59 Å². The van der Waals surface area contributed by atoms with Gasteiger partial charge in [0.2, 0.25) is 0 Å². The number of hydrogen-bond donors (Lipinski definition) is 2. The number of aryl methyl sites for hydroxylation is 2. The van der Waals surface area contributed by atoms with Gasteiger partial charge in [-0.2, -0.15) is 0 Å². The zero-order valence-corrected chi connectivity index (χ0v) is 14.8. The number of hydrogen-bond acceptors (Lipinski definition) is 4. The van der Waals surface area contributed by atoms with Crippen molar-refractivity contribution in [2.75, 3.05) is 24.5 Å². The van der Waals surface area contributed by atoms with E-state index in [-0.39, 0.29) is 36.3 Å². The van der Waals surface area contributed by atoms with E-state index >= 15 is 4.39 Å².